The number of rotatable bonds is 0. The number of fused-ring (bicyclic) bond motifs is 3. The first-order chi connectivity index (χ1) is 21.6. The molecule has 4 atom stereocenters. The maximum absolute atomic E-state index is 13.5. The van der Waals surface area contributed by atoms with Gasteiger partial charge in [0.05, 0.1) is 17.5 Å². The summed E-state index contributed by atoms with van der Waals surface area (Å²) >= 11 is 6.35. The van der Waals surface area contributed by atoms with E-state index >= 15 is 0 Å². The summed E-state index contributed by atoms with van der Waals surface area (Å²) in [6.07, 6.45) is 12.9. The first-order valence-electron chi connectivity index (χ1n) is 16.6. The van der Waals surface area contributed by atoms with Gasteiger partial charge in [0.2, 0.25) is 10.0 Å². The number of nitrogens with one attached hydrogen (secondary N) is 1. The molecule has 1 N–H and O–H groups in total. The van der Waals surface area contributed by atoms with Gasteiger partial charge in [-0.25, -0.2) is 13.1 Å². The summed E-state index contributed by atoms with van der Waals surface area (Å²) in [5.41, 5.74) is 3.51. The largest absolute Gasteiger partial charge is 0.487 e. The maximum Gasteiger partial charge on any atom is 0.264 e. The molecule has 2 aromatic rings. The van der Waals surface area contributed by atoms with Crippen LogP contribution in [-0.4, -0.2) is 45.9 Å². The number of sulfonamides is 1. The lowest BCUT2D eigenvalue weighted by atomic mass is 9.61. The van der Waals surface area contributed by atoms with Crippen LogP contribution in [0.4, 0.5) is 5.69 Å². The third-order valence-electron chi connectivity index (χ3n) is 10.3. The van der Waals surface area contributed by atoms with Crippen LogP contribution in [0.25, 0.3) is 0 Å². The molecule has 3 aliphatic rings. The van der Waals surface area contributed by atoms with Crippen LogP contribution >= 0.6 is 11.6 Å². The predicted octanol–water partition coefficient (Wildman–Crippen LogP) is 7.71. The van der Waals surface area contributed by atoms with Crippen molar-refractivity contribution >= 4 is 33.2 Å². The van der Waals surface area contributed by atoms with Gasteiger partial charge in [-0.15, -0.1) is 0 Å². The molecule has 246 valence electrons. The zero-order valence-electron chi connectivity index (χ0n) is 27.0. The number of amides is 1. The molecule has 1 amide bonds. The normalized spacial score (nSPS) is 29.2. The van der Waals surface area contributed by atoms with Crippen LogP contribution in [-0.2, 0) is 27.8 Å². The molecular weight excluding hydrogens is 608 g/mol. The van der Waals surface area contributed by atoms with Crippen molar-refractivity contribution < 1.29 is 22.7 Å². The number of carbonyl (C=O) groups is 1. The van der Waals surface area contributed by atoms with Crippen molar-refractivity contribution in [1.82, 2.24) is 4.72 Å². The molecule has 0 unspecified atom stereocenters. The van der Waals surface area contributed by atoms with Gasteiger partial charge in [0.25, 0.3) is 5.91 Å². The number of benzene rings is 2. The van der Waals surface area contributed by atoms with E-state index in [9.17, 15) is 13.2 Å². The van der Waals surface area contributed by atoms with Crippen LogP contribution in [0.3, 0.4) is 0 Å². The number of anilines is 1. The Morgan fingerprint density at radius 1 is 1.02 bits per heavy atom. The van der Waals surface area contributed by atoms with Gasteiger partial charge in [-0.2, -0.15) is 0 Å². The molecule has 1 aliphatic carbocycles. The molecule has 45 heavy (non-hydrogen) atoms. The van der Waals surface area contributed by atoms with Gasteiger partial charge >= 0.3 is 0 Å². The fraction of sp³-hybridized carbons (Fsp3) is 0.583. The molecule has 0 aromatic heterocycles. The highest BCUT2D eigenvalue weighted by Gasteiger charge is 2.43. The van der Waals surface area contributed by atoms with Crippen molar-refractivity contribution in [2.75, 3.05) is 31.2 Å². The lowest BCUT2D eigenvalue weighted by molar-refractivity contribution is -0.0419. The number of allylic oxidation sites excluding steroid dienone is 2. The summed E-state index contributed by atoms with van der Waals surface area (Å²) in [6.45, 7) is 9.42. The van der Waals surface area contributed by atoms with Crippen molar-refractivity contribution in [2.45, 2.75) is 90.4 Å². The van der Waals surface area contributed by atoms with E-state index in [2.05, 4.69) is 28.7 Å². The second-order valence-corrected chi connectivity index (χ2v) is 16.1. The molecule has 0 radical (unpaired) electrons. The molecule has 1 fully saturated rings. The van der Waals surface area contributed by atoms with Crippen molar-refractivity contribution in [3.8, 4) is 5.75 Å². The molecule has 0 spiro atoms. The number of hydrogen-bond donors (Lipinski definition) is 1. The fourth-order valence-corrected chi connectivity index (χ4v) is 8.15. The standard InChI is InChI=1S/C36H49ClN2O5S/c1-26-11-7-5-4-6-10-20-43-25-36(3)18-17-31(36)23-39-19-9-8-12-28-21-32(37)15-13-30(28)24-44-34-16-14-29(22-33(34)39)35(40)38-45(41,42)27(26)2/h5,7,13-16,21-22,26-27,31H,4,6,8-12,17-20,23-25H2,1-3H3,(H,38,40)/b7-5+/t26-,27+,31-,36-/m0/s1. The summed E-state index contributed by atoms with van der Waals surface area (Å²) in [5.74, 6) is 0.356. The van der Waals surface area contributed by atoms with Crippen molar-refractivity contribution in [2.24, 2.45) is 17.3 Å². The van der Waals surface area contributed by atoms with Gasteiger partial charge in [-0.05, 0) is 123 Å². The number of aryl methyl sites for hydroxylation is 1. The third kappa shape index (κ3) is 8.44. The van der Waals surface area contributed by atoms with Crippen LogP contribution in [0, 0.1) is 17.3 Å². The summed E-state index contributed by atoms with van der Waals surface area (Å²) < 4.78 is 41.7. The van der Waals surface area contributed by atoms with E-state index in [0.717, 1.165) is 93.9 Å². The highest BCUT2D eigenvalue weighted by atomic mass is 35.5. The third-order valence-corrected chi connectivity index (χ3v) is 12.4. The molecule has 5 rings (SSSR count). The Bertz CT molecular complexity index is 1480. The predicted molar refractivity (Wildman–Crippen MR) is 182 cm³/mol. The van der Waals surface area contributed by atoms with Crippen LogP contribution in [0.5, 0.6) is 5.75 Å². The van der Waals surface area contributed by atoms with E-state index < -0.39 is 21.2 Å². The van der Waals surface area contributed by atoms with Gasteiger partial charge < -0.3 is 14.4 Å². The van der Waals surface area contributed by atoms with Crippen molar-refractivity contribution in [1.29, 1.82) is 0 Å². The molecule has 2 heterocycles. The fourth-order valence-electron chi connectivity index (χ4n) is 6.67. The first kappa shape index (κ1) is 33.8. The van der Waals surface area contributed by atoms with Crippen LogP contribution in [0.1, 0.15) is 93.6 Å². The summed E-state index contributed by atoms with van der Waals surface area (Å²) in [7, 11) is -3.89. The molecule has 7 nitrogen and oxygen atoms in total. The second-order valence-electron chi connectivity index (χ2n) is 13.6. The van der Waals surface area contributed by atoms with Gasteiger partial charge in [-0.1, -0.05) is 43.7 Å². The number of ether oxygens (including phenoxy) is 2. The number of nitrogens with zero attached hydrogens (tertiary/aromatic N) is 1. The minimum atomic E-state index is -3.89. The second kappa shape index (κ2) is 14.9. The van der Waals surface area contributed by atoms with E-state index in [1.54, 1.807) is 13.0 Å². The Morgan fingerprint density at radius 2 is 1.87 bits per heavy atom. The van der Waals surface area contributed by atoms with E-state index in [-0.39, 0.29) is 11.3 Å². The zero-order valence-corrected chi connectivity index (χ0v) is 28.6. The van der Waals surface area contributed by atoms with Crippen molar-refractivity contribution in [3.63, 3.8) is 0 Å². The minimum absolute atomic E-state index is 0.0915. The average molecular weight is 657 g/mol. The Hall–Kier alpha value is -2.55. The van der Waals surface area contributed by atoms with Crippen LogP contribution in [0.2, 0.25) is 5.02 Å². The molecule has 9 heteroatoms. The van der Waals surface area contributed by atoms with Gasteiger partial charge in [0.15, 0.2) is 0 Å². The molecule has 2 bridgehead atoms. The number of hydrogen-bond acceptors (Lipinski definition) is 6. The van der Waals surface area contributed by atoms with Crippen LogP contribution in [0.15, 0.2) is 48.6 Å². The maximum atomic E-state index is 13.5. The lowest BCUT2D eigenvalue weighted by Gasteiger charge is -2.49. The van der Waals surface area contributed by atoms with E-state index in [4.69, 9.17) is 21.1 Å². The summed E-state index contributed by atoms with van der Waals surface area (Å²) in [6, 6.07) is 11.2. The molecule has 2 aliphatic heterocycles. The van der Waals surface area contributed by atoms with Crippen LogP contribution < -0.4 is 14.4 Å². The van der Waals surface area contributed by atoms with E-state index in [1.807, 2.05) is 37.3 Å². The minimum Gasteiger partial charge on any atom is -0.487 e. The smallest absolute Gasteiger partial charge is 0.264 e. The molecular formula is C36H49ClN2O5S. The number of carbonyl (C=O) groups excluding carboxylic acids is 1. The van der Waals surface area contributed by atoms with E-state index in [1.165, 1.54) is 5.56 Å². The molecule has 1 saturated carbocycles. The quantitative estimate of drug-likeness (QED) is 0.293. The highest BCUT2D eigenvalue weighted by Crippen LogP contribution is 2.48. The topological polar surface area (TPSA) is 84.9 Å². The summed E-state index contributed by atoms with van der Waals surface area (Å²) in [5, 5.41) is -0.00116. The van der Waals surface area contributed by atoms with E-state index in [0.29, 0.717) is 30.3 Å². The molecule has 0 saturated heterocycles. The average Bonchev–Trinajstić information content (AvgIpc) is 3.04. The first-order valence-corrected chi connectivity index (χ1v) is 18.6. The Labute approximate surface area is 274 Å². The monoisotopic (exact) mass is 656 g/mol. The Kier molecular flexibility index (Phi) is 11.2. The van der Waals surface area contributed by atoms with Crippen molar-refractivity contribution in [3.05, 3.63) is 70.3 Å². The lowest BCUT2D eigenvalue weighted by Crippen LogP contribution is -2.48. The summed E-state index contributed by atoms with van der Waals surface area (Å²) in [4.78, 5) is 15.9. The van der Waals surface area contributed by atoms with Gasteiger partial charge in [0.1, 0.15) is 12.4 Å². The van der Waals surface area contributed by atoms with Gasteiger partial charge in [0, 0.05) is 30.3 Å². The Morgan fingerprint density at radius 3 is 2.67 bits per heavy atom. The van der Waals surface area contributed by atoms with Gasteiger partial charge in [-0.3, -0.25) is 4.79 Å². The number of halogens is 1. The zero-order chi connectivity index (χ0) is 32.0. The highest BCUT2D eigenvalue weighted by molar-refractivity contribution is 7.90. The Balaban J connectivity index is 1.48. The molecule has 2 aromatic carbocycles. The SMILES string of the molecule is C[C@@H]1[C@@H](C)C/C=C/CCCCOC[C@]2(C)CC[C@H]2CN2CCCCc3cc(Cl)ccc3COc3ccc(cc32)C(=O)NS1(=O)=O.